The molecule has 1 N–H and O–H groups in total. The van der Waals surface area contributed by atoms with Crippen LogP contribution in [0.4, 0.5) is 31.1 Å². The summed E-state index contributed by atoms with van der Waals surface area (Å²) in [6.07, 6.45) is -12.4. The van der Waals surface area contributed by atoms with Gasteiger partial charge in [-0.05, 0) is 60.4 Å². The van der Waals surface area contributed by atoms with Gasteiger partial charge in [0.1, 0.15) is 11.9 Å². The average molecular weight is 625 g/mol. The third kappa shape index (κ3) is 6.64. The fourth-order valence-corrected chi connectivity index (χ4v) is 5.10. The van der Waals surface area contributed by atoms with E-state index in [2.05, 4.69) is 0 Å². The van der Waals surface area contributed by atoms with E-state index in [1.54, 1.807) is 6.07 Å². The number of rotatable bonds is 8. The Hall–Kier alpha value is -3.80. The molecule has 1 fully saturated rings. The molecule has 1 aliphatic heterocycles. The van der Waals surface area contributed by atoms with Gasteiger partial charge in [0, 0.05) is 22.2 Å². The van der Waals surface area contributed by atoms with Crippen LogP contribution in [0.3, 0.4) is 0 Å². The highest BCUT2D eigenvalue weighted by molar-refractivity contribution is 5.75. The summed E-state index contributed by atoms with van der Waals surface area (Å²) in [5.74, 6) is 0.507. The highest BCUT2D eigenvalue weighted by Crippen LogP contribution is 2.42. The van der Waals surface area contributed by atoms with E-state index in [4.69, 9.17) is 14.5 Å². The van der Waals surface area contributed by atoms with Gasteiger partial charge >= 0.3 is 18.4 Å². The van der Waals surface area contributed by atoms with Crippen molar-refractivity contribution >= 4 is 6.09 Å². The highest BCUT2D eigenvalue weighted by Gasteiger charge is 2.43. The van der Waals surface area contributed by atoms with E-state index in [-0.39, 0.29) is 25.1 Å². The minimum atomic E-state index is -5.05. The number of aliphatic hydroxyl groups is 1. The van der Waals surface area contributed by atoms with Crippen molar-refractivity contribution < 1.29 is 45.7 Å². The molecule has 0 saturated carbocycles. The molecule has 44 heavy (non-hydrogen) atoms. The van der Waals surface area contributed by atoms with E-state index in [0.29, 0.717) is 40.4 Å². The number of alkyl halides is 6. The number of hydrogen-bond acceptors (Lipinski definition) is 5. The SMILES string of the molecule is COc1ccc(C(C)(C)CO)cc1-c1ccc(C(C)C)nc1CN1C(=O)O[C@H](c2cc(C(F)(F)F)cc(C(F)(F)F)c2)[C@@H]1C. The van der Waals surface area contributed by atoms with Crippen LogP contribution in [-0.4, -0.2) is 40.8 Å². The van der Waals surface area contributed by atoms with Gasteiger partial charge in [-0.2, -0.15) is 26.3 Å². The Morgan fingerprint density at radius 1 is 0.932 bits per heavy atom. The molecule has 0 unspecified atom stereocenters. The lowest BCUT2D eigenvalue weighted by Gasteiger charge is -2.25. The molecule has 238 valence electrons. The Morgan fingerprint density at radius 3 is 2.07 bits per heavy atom. The van der Waals surface area contributed by atoms with Gasteiger partial charge in [-0.15, -0.1) is 0 Å². The summed E-state index contributed by atoms with van der Waals surface area (Å²) in [4.78, 5) is 19.2. The van der Waals surface area contributed by atoms with Crippen LogP contribution in [0.2, 0.25) is 0 Å². The number of benzene rings is 2. The third-order valence-electron chi connectivity index (χ3n) is 7.90. The lowest BCUT2D eigenvalue weighted by Crippen LogP contribution is -2.32. The topological polar surface area (TPSA) is 71.9 Å². The fraction of sp³-hybridized carbons (Fsp3) is 0.438. The summed E-state index contributed by atoms with van der Waals surface area (Å²) in [6, 6.07) is 9.38. The Labute approximate surface area is 251 Å². The minimum Gasteiger partial charge on any atom is -0.496 e. The van der Waals surface area contributed by atoms with Crippen LogP contribution in [0.5, 0.6) is 5.75 Å². The molecule has 1 saturated heterocycles. The predicted molar refractivity (Wildman–Crippen MR) is 151 cm³/mol. The van der Waals surface area contributed by atoms with Crippen molar-refractivity contribution in [2.45, 2.75) is 77.0 Å². The van der Waals surface area contributed by atoms with Crippen molar-refractivity contribution in [2.24, 2.45) is 0 Å². The van der Waals surface area contributed by atoms with Gasteiger partial charge in [-0.3, -0.25) is 9.88 Å². The van der Waals surface area contributed by atoms with Crippen molar-refractivity contribution in [1.29, 1.82) is 0 Å². The summed E-state index contributed by atoms with van der Waals surface area (Å²) in [5.41, 5.74) is -0.804. The summed E-state index contributed by atoms with van der Waals surface area (Å²) in [5, 5.41) is 9.95. The molecule has 0 aliphatic carbocycles. The Bertz CT molecular complexity index is 1500. The number of cyclic esters (lactones) is 1. The summed E-state index contributed by atoms with van der Waals surface area (Å²) >= 11 is 0. The Balaban J connectivity index is 1.79. The predicted octanol–water partition coefficient (Wildman–Crippen LogP) is 8.27. The Kier molecular flexibility index (Phi) is 8.99. The molecule has 12 heteroatoms. The van der Waals surface area contributed by atoms with Crippen molar-refractivity contribution in [2.75, 3.05) is 13.7 Å². The van der Waals surface area contributed by atoms with E-state index in [9.17, 15) is 36.2 Å². The molecule has 2 atom stereocenters. The number of halogens is 6. The number of ether oxygens (including phenoxy) is 2. The summed E-state index contributed by atoms with van der Waals surface area (Å²) < 4.78 is 92.2. The van der Waals surface area contributed by atoms with Gasteiger partial charge in [0.2, 0.25) is 0 Å². The molecule has 4 rings (SSSR count). The normalized spacial score (nSPS) is 17.8. The summed E-state index contributed by atoms with van der Waals surface area (Å²) in [7, 11) is 1.50. The van der Waals surface area contributed by atoms with E-state index >= 15 is 0 Å². The van der Waals surface area contributed by atoms with Crippen LogP contribution < -0.4 is 4.74 Å². The zero-order chi connectivity index (χ0) is 32.8. The molecule has 2 aromatic carbocycles. The summed E-state index contributed by atoms with van der Waals surface area (Å²) in [6.45, 7) is 8.85. The molecule has 6 nitrogen and oxygen atoms in total. The van der Waals surface area contributed by atoms with Gasteiger partial charge in [-0.25, -0.2) is 4.79 Å². The lowest BCUT2D eigenvalue weighted by molar-refractivity contribution is -0.143. The van der Waals surface area contributed by atoms with Crippen LogP contribution in [-0.2, 0) is 29.0 Å². The molecule has 1 amide bonds. The first-order valence-corrected chi connectivity index (χ1v) is 13.9. The quantitative estimate of drug-likeness (QED) is 0.256. The number of aromatic nitrogens is 1. The number of methoxy groups -OCH3 is 1. The largest absolute Gasteiger partial charge is 0.496 e. The zero-order valence-corrected chi connectivity index (χ0v) is 25.1. The maximum atomic E-state index is 13.5. The lowest BCUT2D eigenvalue weighted by atomic mass is 9.83. The van der Waals surface area contributed by atoms with Crippen molar-refractivity contribution in [3.63, 3.8) is 0 Å². The number of nitrogens with zero attached hydrogens (tertiary/aromatic N) is 2. The Morgan fingerprint density at radius 2 is 1.55 bits per heavy atom. The van der Waals surface area contributed by atoms with Crippen LogP contribution in [0, 0.1) is 0 Å². The number of hydrogen-bond donors (Lipinski definition) is 1. The van der Waals surface area contributed by atoms with Crippen LogP contribution in [0.25, 0.3) is 11.1 Å². The monoisotopic (exact) mass is 624 g/mol. The van der Waals surface area contributed by atoms with E-state index in [1.165, 1.54) is 18.9 Å². The van der Waals surface area contributed by atoms with E-state index < -0.39 is 52.7 Å². The molecule has 0 bridgehead atoms. The first-order valence-electron chi connectivity index (χ1n) is 13.9. The minimum absolute atomic E-state index is 0.00551. The number of amides is 1. The van der Waals surface area contributed by atoms with Gasteiger partial charge in [-0.1, -0.05) is 39.8 Å². The highest BCUT2D eigenvalue weighted by atomic mass is 19.4. The second kappa shape index (κ2) is 11.9. The number of aliphatic hydroxyl groups excluding tert-OH is 1. The molecular weight excluding hydrogens is 590 g/mol. The fourth-order valence-electron chi connectivity index (χ4n) is 5.10. The standard InChI is InChI=1S/C32H34F6N2O4/c1-17(2)25-9-8-23(24-14-20(30(4,5)16-41)7-10-27(24)43-6)26(39-25)15-40-18(3)28(44-29(40)42)19-11-21(31(33,34)35)13-22(12-19)32(36,37)38/h7-14,17-18,28,41H,15-16H2,1-6H3/t18-,28-/m0/s1. The van der Waals surface area contributed by atoms with E-state index in [0.717, 1.165) is 5.56 Å². The van der Waals surface area contributed by atoms with Crippen LogP contribution >= 0.6 is 0 Å². The van der Waals surface area contributed by atoms with Gasteiger partial charge < -0.3 is 14.6 Å². The average Bonchev–Trinajstić information content (AvgIpc) is 3.24. The number of carbonyl (C=O) groups is 1. The first kappa shape index (κ1) is 33.1. The number of carbonyl (C=O) groups excluding carboxylic acids is 1. The zero-order valence-electron chi connectivity index (χ0n) is 25.1. The first-order chi connectivity index (χ1) is 20.4. The molecular formula is C32H34F6N2O4. The molecule has 3 aromatic rings. The third-order valence-corrected chi connectivity index (χ3v) is 7.90. The van der Waals surface area contributed by atoms with E-state index in [1.807, 2.05) is 52.0 Å². The van der Waals surface area contributed by atoms with Crippen LogP contribution in [0.1, 0.15) is 80.3 Å². The number of pyridine rings is 1. The van der Waals surface area contributed by atoms with Crippen molar-refractivity contribution in [1.82, 2.24) is 9.88 Å². The molecule has 0 radical (unpaired) electrons. The van der Waals surface area contributed by atoms with Gasteiger partial charge in [0.15, 0.2) is 0 Å². The van der Waals surface area contributed by atoms with Crippen molar-refractivity contribution in [3.8, 4) is 16.9 Å². The maximum absolute atomic E-state index is 13.5. The molecule has 1 aliphatic rings. The molecule has 2 heterocycles. The van der Waals surface area contributed by atoms with Gasteiger partial charge in [0.05, 0.1) is 43.1 Å². The second-order valence-electron chi connectivity index (χ2n) is 11.9. The maximum Gasteiger partial charge on any atom is 0.416 e. The van der Waals surface area contributed by atoms with Gasteiger partial charge in [0.25, 0.3) is 0 Å². The van der Waals surface area contributed by atoms with Crippen LogP contribution in [0.15, 0.2) is 48.5 Å². The smallest absolute Gasteiger partial charge is 0.416 e. The second-order valence-corrected chi connectivity index (χ2v) is 11.9. The molecule has 0 spiro atoms. The van der Waals surface area contributed by atoms with Crippen molar-refractivity contribution in [3.05, 3.63) is 82.2 Å². The molecule has 1 aromatic heterocycles.